The van der Waals surface area contributed by atoms with E-state index in [4.69, 9.17) is 0 Å². The molecule has 0 amide bonds. The number of nitrogens with one attached hydrogen (secondary N) is 1. The van der Waals surface area contributed by atoms with Crippen LogP contribution >= 0.6 is 0 Å². The summed E-state index contributed by atoms with van der Waals surface area (Å²) >= 11 is 0. The molecule has 0 aromatic carbocycles. The molecule has 1 aliphatic heterocycles. The highest BCUT2D eigenvalue weighted by atomic mass is 16.2. The predicted octanol–water partition coefficient (Wildman–Crippen LogP) is -0.606. The van der Waals surface area contributed by atoms with E-state index in [0.717, 1.165) is 37.3 Å². The van der Waals surface area contributed by atoms with Crippen molar-refractivity contribution in [3.05, 3.63) is 26.4 Å². The van der Waals surface area contributed by atoms with Gasteiger partial charge in [-0.1, -0.05) is 6.92 Å². The molecule has 132 valence electrons. The van der Waals surface area contributed by atoms with Crippen LogP contribution in [0.25, 0.3) is 0 Å². The Morgan fingerprint density at radius 2 is 1.79 bits per heavy atom. The Balaban J connectivity index is 2.11. The van der Waals surface area contributed by atoms with Crippen molar-refractivity contribution >= 4 is 5.82 Å². The zero-order valence-electron chi connectivity index (χ0n) is 14.9. The van der Waals surface area contributed by atoms with Crippen LogP contribution in [0.4, 0.5) is 5.82 Å². The third-order valence-corrected chi connectivity index (χ3v) is 4.82. The van der Waals surface area contributed by atoms with Crippen molar-refractivity contribution in [2.24, 2.45) is 14.1 Å². The summed E-state index contributed by atoms with van der Waals surface area (Å²) in [7, 11) is 2.95. The normalized spacial score (nSPS) is 17.5. The molecule has 0 radical (unpaired) electrons. The highest BCUT2D eigenvalue weighted by molar-refractivity contribution is 5.51. The van der Waals surface area contributed by atoms with Gasteiger partial charge in [-0.15, -0.1) is 0 Å². The molecule has 1 aromatic heterocycles. The van der Waals surface area contributed by atoms with Gasteiger partial charge in [-0.3, -0.25) is 18.8 Å². The van der Waals surface area contributed by atoms with E-state index in [1.54, 1.807) is 7.05 Å². The van der Waals surface area contributed by atoms with Crippen LogP contribution in [-0.4, -0.2) is 64.2 Å². The van der Waals surface area contributed by atoms with Gasteiger partial charge in [0.25, 0.3) is 5.56 Å². The summed E-state index contributed by atoms with van der Waals surface area (Å²) in [5.41, 5.74) is -1.03. The van der Waals surface area contributed by atoms with E-state index in [9.17, 15) is 14.9 Å². The molecule has 1 N–H and O–H groups in total. The minimum absolute atomic E-state index is 0.0254. The molecule has 1 aliphatic rings. The highest BCUT2D eigenvalue weighted by Crippen LogP contribution is 2.10. The molecular formula is C16H26N6O2. The van der Waals surface area contributed by atoms with Crippen LogP contribution in [-0.2, 0) is 14.1 Å². The Hall–Kier alpha value is -2.11. The van der Waals surface area contributed by atoms with Gasteiger partial charge in [0.05, 0.1) is 0 Å². The Morgan fingerprint density at radius 3 is 2.33 bits per heavy atom. The summed E-state index contributed by atoms with van der Waals surface area (Å²) in [6.45, 7) is 10.0. The Morgan fingerprint density at radius 1 is 1.17 bits per heavy atom. The number of likely N-dealkylation sites (N-methyl/N-ethyl adjacent to an activating group) is 1. The van der Waals surface area contributed by atoms with Gasteiger partial charge in [0.1, 0.15) is 11.9 Å². The van der Waals surface area contributed by atoms with Crippen molar-refractivity contribution in [1.82, 2.24) is 18.9 Å². The topological polar surface area (TPSA) is 86.3 Å². The van der Waals surface area contributed by atoms with E-state index < -0.39 is 11.2 Å². The summed E-state index contributed by atoms with van der Waals surface area (Å²) in [6.07, 6.45) is 0. The number of nitrogens with zero attached hydrogens (tertiary/aromatic N) is 5. The molecule has 2 rings (SSSR count). The van der Waals surface area contributed by atoms with Gasteiger partial charge >= 0.3 is 5.69 Å². The average Bonchev–Trinajstić information content (AvgIpc) is 2.61. The van der Waals surface area contributed by atoms with Gasteiger partial charge in [-0.25, -0.2) is 4.79 Å². The van der Waals surface area contributed by atoms with Crippen molar-refractivity contribution in [3.63, 3.8) is 0 Å². The van der Waals surface area contributed by atoms with E-state index in [2.05, 4.69) is 29.0 Å². The monoisotopic (exact) mass is 334 g/mol. The first kappa shape index (κ1) is 18.2. The molecule has 1 aromatic rings. The quantitative estimate of drug-likeness (QED) is 0.773. The van der Waals surface area contributed by atoms with Crippen LogP contribution in [0.15, 0.2) is 9.59 Å². The van der Waals surface area contributed by atoms with E-state index in [-0.39, 0.29) is 11.6 Å². The first-order valence-corrected chi connectivity index (χ1v) is 8.31. The van der Waals surface area contributed by atoms with Crippen molar-refractivity contribution in [2.45, 2.75) is 19.9 Å². The van der Waals surface area contributed by atoms with Crippen LogP contribution < -0.4 is 16.6 Å². The molecule has 0 aliphatic carbocycles. The maximum absolute atomic E-state index is 12.1. The molecule has 0 saturated carbocycles. The number of aromatic nitrogens is 2. The molecule has 0 bridgehead atoms. The van der Waals surface area contributed by atoms with Crippen LogP contribution in [0.5, 0.6) is 0 Å². The number of nitriles is 1. The summed E-state index contributed by atoms with van der Waals surface area (Å²) in [5, 5.41) is 12.4. The van der Waals surface area contributed by atoms with Gasteiger partial charge in [-0.2, -0.15) is 5.26 Å². The zero-order valence-corrected chi connectivity index (χ0v) is 14.9. The molecule has 8 nitrogen and oxygen atoms in total. The predicted molar refractivity (Wildman–Crippen MR) is 93.3 cm³/mol. The molecular weight excluding hydrogens is 308 g/mol. The van der Waals surface area contributed by atoms with Crippen LogP contribution in [0, 0.1) is 11.3 Å². The van der Waals surface area contributed by atoms with E-state index in [0.29, 0.717) is 12.4 Å². The Labute approximate surface area is 141 Å². The summed E-state index contributed by atoms with van der Waals surface area (Å²) in [6, 6.07) is 2.16. The fourth-order valence-electron chi connectivity index (χ4n) is 3.05. The van der Waals surface area contributed by atoms with E-state index in [1.807, 2.05) is 6.07 Å². The van der Waals surface area contributed by atoms with Crippen molar-refractivity contribution in [1.29, 1.82) is 5.26 Å². The molecule has 0 spiro atoms. The fraction of sp³-hybridized carbons (Fsp3) is 0.688. The first-order valence-electron chi connectivity index (χ1n) is 8.31. The van der Waals surface area contributed by atoms with Crippen LogP contribution in [0.3, 0.4) is 0 Å². The third-order valence-electron chi connectivity index (χ3n) is 4.82. The molecule has 1 fully saturated rings. The second-order valence-electron chi connectivity index (χ2n) is 6.24. The molecule has 8 heteroatoms. The summed E-state index contributed by atoms with van der Waals surface area (Å²) in [4.78, 5) is 28.9. The van der Waals surface area contributed by atoms with Crippen LogP contribution in [0.2, 0.25) is 0 Å². The van der Waals surface area contributed by atoms with E-state index in [1.165, 1.54) is 11.6 Å². The molecule has 1 saturated heterocycles. The zero-order chi connectivity index (χ0) is 17.9. The molecule has 1 unspecified atom stereocenters. The number of piperazine rings is 1. The Bertz CT molecular complexity index is 737. The van der Waals surface area contributed by atoms with Gasteiger partial charge in [0, 0.05) is 52.9 Å². The third kappa shape index (κ3) is 3.52. The summed E-state index contributed by atoms with van der Waals surface area (Å²) in [5.74, 6) is 0.296. The van der Waals surface area contributed by atoms with Gasteiger partial charge in [-0.05, 0) is 13.5 Å². The van der Waals surface area contributed by atoms with Crippen LogP contribution in [0.1, 0.15) is 19.4 Å². The second kappa shape index (κ2) is 7.64. The van der Waals surface area contributed by atoms with Crippen molar-refractivity contribution in [3.8, 4) is 6.07 Å². The number of anilines is 1. The number of hydrogen-bond donors (Lipinski definition) is 1. The lowest BCUT2D eigenvalue weighted by Crippen LogP contribution is -2.51. The fourth-order valence-corrected chi connectivity index (χ4v) is 3.05. The van der Waals surface area contributed by atoms with Gasteiger partial charge in [0.2, 0.25) is 0 Å². The molecule has 1 atom stereocenters. The lowest BCUT2D eigenvalue weighted by atomic mass is 10.2. The largest absolute Gasteiger partial charge is 0.369 e. The van der Waals surface area contributed by atoms with Gasteiger partial charge in [0.15, 0.2) is 5.56 Å². The Kier molecular flexibility index (Phi) is 5.80. The average molecular weight is 334 g/mol. The maximum atomic E-state index is 12.1. The van der Waals surface area contributed by atoms with E-state index >= 15 is 0 Å². The maximum Gasteiger partial charge on any atom is 0.332 e. The molecule has 2 heterocycles. The minimum atomic E-state index is -0.563. The van der Waals surface area contributed by atoms with Gasteiger partial charge < -0.3 is 10.2 Å². The second-order valence-corrected chi connectivity index (χ2v) is 6.24. The standard InChI is InChI=1S/C16H26N6O2/c1-5-21-6-8-22(9-7-21)12(2)11-18-14-13(10-17)15(23)20(4)16(24)19(14)3/h12,18H,5-9,11H2,1-4H3. The number of hydrogen-bond acceptors (Lipinski definition) is 6. The smallest absolute Gasteiger partial charge is 0.332 e. The SMILES string of the molecule is CCN1CCN(C(C)CNc2c(C#N)c(=O)n(C)c(=O)n2C)CC1. The van der Waals surface area contributed by atoms with Crippen molar-refractivity contribution < 1.29 is 0 Å². The summed E-state index contributed by atoms with van der Waals surface area (Å²) < 4.78 is 2.28. The minimum Gasteiger partial charge on any atom is -0.369 e. The lowest BCUT2D eigenvalue weighted by molar-refractivity contribution is 0.110. The van der Waals surface area contributed by atoms with Crippen molar-refractivity contribution in [2.75, 3.05) is 44.6 Å². The molecule has 24 heavy (non-hydrogen) atoms. The number of rotatable bonds is 5. The lowest BCUT2D eigenvalue weighted by Gasteiger charge is -2.37. The highest BCUT2D eigenvalue weighted by Gasteiger charge is 2.21. The first-order chi connectivity index (χ1) is 11.4.